The third-order valence-corrected chi connectivity index (χ3v) is 1.68. The normalized spacial score (nSPS) is 8.12. The van der Waals surface area contributed by atoms with E-state index in [4.69, 9.17) is 5.73 Å². The van der Waals surface area contributed by atoms with E-state index in [0.29, 0.717) is 6.54 Å². The molecule has 0 aliphatic heterocycles. The Labute approximate surface area is 58.9 Å². The highest BCUT2D eigenvalue weighted by Crippen LogP contribution is 2.05. The lowest BCUT2D eigenvalue weighted by Gasteiger charge is -1.79. The van der Waals surface area contributed by atoms with Crippen LogP contribution in [-0.2, 0) is 6.54 Å². The maximum atomic E-state index is 5.30. The van der Waals surface area contributed by atoms with Gasteiger partial charge in [-0.1, -0.05) is 6.07 Å². The Morgan fingerprint density at radius 3 is 2.62 bits per heavy atom. The highest BCUT2D eigenvalue weighted by Gasteiger charge is 1.82. The summed E-state index contributed by atoms with van der Waals surface area (Å²) in [6.45, 7) is 0.678. The summed E-state index contributed by atoms with van der Waals surface area (Å²) >= 11 is 1.70. The minimum atomic E-state index is 0. The topological polar surface area (TPSA) is 26.0 Å². The SMILES string of the molecule is Cl.NCc1cccs1. The molecule has 2 N–H and O–H groups in total. The van der Waals surface area contributed by atoms with Crippen LogP contribution in [0.4, 0.5) is 0 Å². The largest absolute Gasteiger partial charge is 0.326 e. The van der Waals surface area contributed by atoms with Crippen molar-refractivity contribution in [3.05, 3.63) is 22.4 Å². The molecular formula is C5H8ClNS. The molecule has 0 bridgehead atoms. The first-order chi connectivity index (χ1) is 3.43. The summed E-state index contributed by atoms with van der Waals surface area (Å²) in [4.78, 5) is 1.25. The number of hydrogen-bond donors (Lipinski definition) is 1. The van der Waals surface area contributed by atoms with Crippen molar-refractivity contribution in [1.82, 2.24) is 0 Å². The second-order valence-electron chi connectivity index (χ2n) is 1.28. The Morgan fingerprint density at radius 1 is 1.62 bits per heavy atom. The van der Waals surface area contributed by atoms with Gasteiger partial charge in [0.2, 0.25) is 0 Å². The zero-order valence-corrected chi connectivity index (χ0v) is 5.97. The summed E-state index contributed by atoms with van der Waals surface area (Å²) in [6.07, 6.45) is 0. The van der Waals surface area contributed by atoms with E-state index < -0.39 is 0 Å². The van der Waals surface area contributed by atoms with Crippen LogP contribution in [0, 0.1) is 0 Å². The molecule has 46 valence electrons. The second kappa shape index (κ2) is 3.89. The number of nitrogens with two attached hydrogens (primary N) is 1. The number of hydrogen-bond acceptors (Lipinski definition) is 2. The number of halogens is 1. The van der Waals surface area contributed by atoms with Crippen LogP contribution in [0.2, 0.25) is 0 Å². The van der Waals surface area contributed by atoms with Gasteiger partial charge in [0, 0.05) is 11.4 Å². The number of rotatable bonds is 1. The first kappa shape index (κ1) is 7.95. The molecule has 0 aliphatic rings. The molecule has 0 aliphatic carbocycles. The average molecular weight is 150 g/mol. The molecule has 1 aromatic rings. The summed E-state index contributed by atoms with van der Waals surface area (Å²) in [7, 11) is 0. The molecule has 0 radical (unpaired) electrons. The van der Waals surface area contributed by atoms with Gasteiger partial charge in [-0.25, -0.2) is 0 Å². The van der Waals surface area contributed by atoms with Gasteiger partial charge in [0.1, 0.15) is 0 Å². The van der Waals surface area contributed by atoms with Gasteiger partial charge in [0.25, 0.3) is 0 Å². The highest BCUT2D eigenvalue weighted by molar-refractivity contribution is 7.09. The van der Waals surface area contributed by atoms with E-state index in [1.807, 2.05) is 17.5 Å². The molecule has 1 heterocycles. The number of thiophene rings is 1. The Balaban J connectivity index is 0.000000490. The zero-order valence-electron chi connectivity index (χ0n) is 4.33. The fraction of sp³-hybridized carbons (Fsp3) is 0.200. The van der Waals surface area contributed by atoms with E-state index in [1.165, 1.54) is 4.88 Å². The second-order valence-corrected chi connectivity index (χ2v) is 2.32. The zero-order chi connectivity index (χ0) is 5.11. The fourth-order valence-electron chi connectivity index (χ4n) is 0.429. The van der Waals surface area contributed by atoms with Crippen LogP contribution in [0.5, 0.6) is 0 Å². The van der Waals surface area contributed by atoms with Crippen molar-refractivity contribution in [2.24, 2.45) is 5.73 Å². The van der Waals surface area contributed by atoms with E-state index in [-0.39, 0.29) is 12.4 Å². The third-order valence-electron chi connectivity index (χ3n) is 0.781. The van der Waals surface area contributed by atoms with Gasteiger partial charge in [0.15, 0.2) is 0 Å². The average Bonchev–Trinajstić information content (AvgIpc) is 2.14. The molecule has 3 heteroatoms. The van der Waals surface area contributed by atoms with Crippen molar-refractivity contribution in [3.8, 4) is 0 Å². The van der Waals surface area contributed by atoms with E-state index >= 15 is 0 Å². The Kier molecular flexibility index (Phi) is 3.87. The molecule has 0 aromatic carbocycles. The molecular weight excluding hydrogens is 142 g/mol. The Hall–Kier alpha value is -0.0500. The van der Waals surface area contributed by atoms with E-state index in [9.17, 15) is 0 Å². The van der Waals surface area contributed by atoms with Gasteiger partial charge in [-0.2, -0.15) is 0 Å². The van der Waals surface area contributed by atoms with Crippen LogP contribution in [0.3, 0.4) is 0 Å². The molecule has 0 saturated heterocycles. The molecule has 1 aromatic heterocycles. The van der Waals surface area contributed by atoms with Crippen LogP contribution in [-0.4, -0.2) is 0 Å². The van der Waals surface area contributed by atoms with E-state index in [1.54, 1.807) is 11.3 Å². The first-order valence-electron chi connectivity index (χ1n) is 2.16. The predicted molar refractivity (Wildman–Crippen MR) is 39.5 cm³/mol. The quantitative estimate of drug-likeness (QED) is 0.646. The van der Waals surface area contributed by atoms with Gasteiger partial charge in [0.05, 0.1) is 0 Å². The van der Waals surface area contributed by atoms with Crippen LogP contribution in [0.1, 0.15) is 4.88 Å². The predicted octanol–water partition coefficient (Wildman–Crippen LogP) is 1.63. The summed E-state index contributed by atoms with van der Waals surface area (Å²) < 4.78 is 0. The minimum absolute atomic E-state index is 0. The van der Waals surface area contributed by atoms with Crippen LogP contribution in [0.15, 0.2) is 17.5 Å². The minimum Gasteiger partial charge on any atom is -0.326 e. The summed E-state index contributed by atoms with van der Waals surface area (Å²) in [5.74, 6) is 0. The van der Waals surface area contributed by atoms with Crippen molar-refractivity contribution >= 4 is 23.7 Å². The summed E-state index contributed by atoms with van der Waals surface area (Å²) in [6, 6.07) is 4.04. The Morgan fingerprint density at radius 2 is 2.38 bits per heavy atom. The molecule has 0 fully saturated rings. The van der Waals surface area contributed by atoms with Crippen molar-refractivity contribution < 1.29 is 0 Å². The van der Waals surface area contributed by atoms with Gasteiger partial charge in [-0.05, 0) is 11.4 Å². The maximum absolute atomic E-state index is 5.30. The maximum Gasteiger partial charge on any atom is 0.0273 e. The molecule has 0 unspecified atom stereocenters. The Bertz CT molecular complexity index is 127. The standard InChI is InChI=1S/C5H7NS.ClH/c6-4-5-2-1-3-7-5;/h1-3H,4,6H2;1H. The first-order valence-corrected chi connectivity index (χ1v) is 3.04. The molecule has 0 amide bonds. The summed E-state index contributed by atoms with van der Waals surface area (Å²) in [5, 5.41) is 2.03. The van der Waals surface area contributed by atoms with Crippen molar-refractivity contribution in [1.29, 1.82) is 0 Å². The lowest BCUT2D eigenvalue weighted by molar-refractivity contribution is 1.11. The molecule has 0 saturated carbocycles. The van der Waals surface area contributed by atoms with E-state index in [0.717, 1.165) is 0 Å². The molecule has 1 nitrogen and oxygen atoms in total. The van der Waals surface area contributed by atoms with Crippen LogP contribution >= 0.6 is 23.7 Å². The van der Waals surface area contributed by atoms with E-state index in [2.05, 4.69) is 0 Å². The molecule has 8 heavy (non-hydrogen) atoms. The lowest BCUT2D eigenvalue weighted by Crippen LogP contribution is -1.90. The lowest BCUT2D eigenvalue weighted by atomic mass is 10.5. The van der Waals surface area contributed by atoms with Gasteiger partial charge >= 0.3 is 0 Å². The van der Waals surface area contributed by atoms with Gasteiger partial charge < -0.3 is 5.73 Å². The molecule has 1 rings (SSSR count). The monoisotopic (exact) mass is 149 g/mol. The highest BCUT2D eigenvalue weighted by atomic mass is 35.5. The van der Waals surface area contributed by atoms with Crippen molar-refractivity contribution in [3.63, 3.8) is 0 Å². The van der Waals surface area contributed by atoms with Gasteiger partial charge in [-0.3, -0.25) is 0 Å². The fourth-order valence-corrected chi connectivity index (χ4v) is 1.01. The third kappa shape index (κ3) is 1.82. The molecule has 0 spiro atoms. The smallest absolute Gasteiger partial charge is 0.0273 e. The van der Waals surface area contributed by atoms with Crippen LogP contribution < -0.4 is 5.73 Å². The van der Waals surface area contributed by atoms with Crippen molar-refractivity contribution in [2.45, 2.75) is 6.54 Å². The summed E-state index contributed by atoms with van der Waals surface area (Å²) in [5.41, 5.74) is 5.30. The van der Waals surface area contributed by atoms with Crippen LogP contribution in [0.25, 0.3) is 0 Å². The van der Waals surface area contributed by atoms with Gasteiger partial charge in [-0.15, -0.1) is 23.7 Å². The van der Waals surface area contributed by atoms with Crippen molar-refractivity contribution in [2.75, 3.05) is 0 Å². The molecule has 0 atom stereocenters.